The zero-order valence-corrected chi connectivity index (χ0v) is 13.3. The van der Waals surface area contributed by atoms with Crippen molar-refractivity contribution in [3.05, 3.63) is 29.8 Å². The molecule has 1 aromatic carbocycles. The molecule has 20 heavy (non-hydrogen) atoms. The van der Waals surface area contributed by atoms with E-state index >= 15 is 0 Å². The Morgan fingerprint density at radius 2 is 1.75 bits per heavy atom. The van der Waals surface area contributed by atoms with E-state index in [2.05, 4.69) is 0 Å². The first kappa shape index (κ1) is 16.9. The fourth-order valence-corrected chi connectivity index (χ4v) is 3.77. The molecule has 0 radical (unpaired) electrons. The Morgan fingerprint density at radius 1 is 1.10 bits per heavy atom. The van der Waals surface area contributed by atoms with Crippen LogP contribution in [0.5, 0.6) is 0 Å². The summed E-state index contributed by atoms with van der Waals surface area (Å²) in [6.07, 6.45) is 1.91. The van der Waals surface area contributed by atoms with Gasteiger partial charge in [-0.15, -0.1) is 0 Å². The van der Waals surface area contributed by atoms with Gasteiger partial charge in [-0.05, 0) is 25.0 Å². The van der Waals surface area contributed by atoms with Crippen molar-refractivity contribution in [1.29, 1.82) is 0 Å². The first-order chi connectivity index (χ1) is 9.59. The molecular formula is C15H23O4P. The van der Waals surface area contributed by atoms with Crippen LogP contribution in [0, 0.1) is 0 Å². The summed E-state index contributed by atoms with van der Waals surface area (Å²) in [4.78, 5) is 12.1. The van der Waals surface area contributed by atoms with Gasteiger partial charge in [0.25, 0.3) is 0 Å². The third-order valence-electron chi connectivity index (χ3n) is 2.85. The van der Waals surface area contributed by atoms with Crippen LogP contribution in [-0.4, -0.2) is 25.3 Å². The number of hydrogen-bond donors (Lipinski definition) is 0. The molecule has 0 heterocycles. The van der Waals surface area contributed by atoms with Crippen molar-refractivity contribution in [3.63, 3.8) is 0 Å². The van der Waals surface area contributed by atoms with E-state index in [0.717, 1.165) is 12.8 Å². The fraction of sp³-hybridized carbons (Fsp3) is 0.533. The van der Waals surface area contributed by atoms with Crippen molar-refractivity contribution < 1.29 is 18.6 Å². The van der Waals surface area contributed by atoms with E-state index in [1.807, 2.05) is 20.8 Å². The maximum atomic E-state index is 12.9. The van der Waals surface area contributed by atoms with E-state index in [-0.39, 0.29) is 0 Å². The van der Waals surface area contributed by atoms with Crippen molar-refractivity contribution >= 4 is 18.6 Å². The molecule has 5 heteroatoms. The van der Waals surface area contributed by atoms with Crippen molar-refractivity contribution in [2.24, 2.45) is 0 Å². The number of benzene rings is 1. The van der Waals surface area contributed by atoms with Crippen molar-refractivity contribution in [3.8, 4) is 0 Å². The summed E-state index contributed by atoms with van der Waals surface area (Å²) in [5.41, 5.74) is 0.349. The molecule has 0 saturated heterocycles. The average Bonchev–Trinajstić information content (AvgIpc) is 2.50. The van der Waals surface area contributed by atoms with Gasteiger partial charge in [0.1, 0.15) is 0 Å². The fourth-order valence-electron chi connectivity index (χ4n) is 1.79. The first-order valence-corrected chi connectivity index (χ1v) is 8.90. The van der Waals surface area contributed by atoms with Gasteiger partial charge in [0.15, 0.2) is 0 Å². The normalized spacial score (nSPS) is 13.8. The number of hydrogen-bond acceptors (Lipinski definition) is 4. The number of rotatable bonds is 8. The van der Waals surface area contributed by atoms with E-state index in [0.29, 0.717) is 30.2 Å². The molecule has 4 nitrogen and oxygen atoms in total. The second-order valence-corrected chi connectivity index (χ2v) is 7.20. The molecule has 0 aliphatic carbocycles. The van der Waals surface area contributed by atoms with E-state index in [4.69, 9.17) is 9.26 Å². The Morgan fingerprint density at radius 3 is 2.35 bits per heavy atom. The number of esters is 1. The summed E-state index contributed by atoms with van der Waals surface area (Å²) in [5, 5.41) is 0.469. The van der Waals surface area contributed by atoms with Gasteiger partial charge in [-0.1, -0.05) is 32.9 Å². The highest BCUT2D eigenvalue weighted by Crippen LogP contribution is 2.46. The van der Waals surface area contributed by atoms with Gasteiger partial charge in [-0.25, -0.2) is 4.79 Å². The highest BCUT2D eigenvalue weighted by atomic mass is 31.2. The van der Waals surface area contributed by atoms with Crippen molar-refractivity contribution in [1.82, 2.24) is 0 Å². The first-order valence-electron chi connectivity index (χ1n) is 7.09. The zero-order chi connectivity index (χ0) is 15.0. The van der Waals surface area contributed by atoms with Crippen LogP contribution in [0.25, 0.3) is 0 Å². The van der Waals surface area contributed by atoms with Crippen LogP contribution >= 0.6 is 7.37 Å². The van der Waals surface area contributed by atoms with Gasteiger partial charge in [0, 0.05) is 6.16 Å². The molecular weight excluding hydrogens is 275 g/mol. The zero-order valence-electron chi connectivity index (χ0n) is 12.4. The smallest absolute Gasteiger partial charge is 0.338 e. The van der Waals surface area contributed by atoms with Gasteiger partial charge < -0.3 is 9.26 Å². The maximum Gasteiger partial charge on any atom is 0.338 e. The van der Waals surface area contributed by atoms with Gasteiger partial charge >= 0.3 is 5.97 Å². The molecule has 1 atom stereocenters. The lowest BCUT2D eigenvalue weighted by Gasteiger charge is -2.19. The summed E-state index contributed by atoms with van der Waals surface area (Å²) >= 11 is 0. The molecule has 0 amide bonds. The molecule has 0 aromatic heterocycles. The van der Waals surface area contributed by atoms with Crippen molar-refractivity contribution in [2.75, 3.05) is 19.4 Å². The lowest BCUT2D eigenvalue weighted by Crippen LogP contribution is -2.20. The standard InChI is InChI=1S/C15H23O4P/c1-4-11-18-15(16)13-9-7-8-10-14(13)20(17,6-3)19-12-5-2/h7-10H,4-6,11-12H2,1-3H3. The molecule has 1 unspecified atom stereocenters. The quantitative estimate of drug-likeness (QED) is 0.543. The Labute approximate surface area is 120 Å². The van der Waals surface area contributed by atoms with Crippen LogP contribution in [-0.2, 0) is 13.8 Å². The maximum absolute atomic E-state index is 12.9. The SMILES string of the molecule is CCCOC(=O)c1ccccc1P(=O)(CC)OCCC. The average molecular weight is 298 g/mol. The van der Waals surface area contributed by atoms with E-state index < -0.39 is 13.3 Å². The van der Waals surface area contributed by atoms with Crippen LogP contribution in [0.4, 0.5) is 0 Å². The molecule has 112 valence electrons. The Hall–Kier alpha value is -1.12. The minimum absolute atomic E-state index is 0.349. The van der Waals surface area contributed by atoms with Gasteiger partial charge in [-0.2, -0.15) is 0 Å². The molecule has 0 spiro atoms. The summed E-state index contributed by atoms with van der Waals surface area (Å²) in [6.45, 7) is 6.48. The van der Waals surface area contributed by atoms with Crippen LogP contribution in [0.1, 0.15) is 44.0 Å². The second kappa shape index (κ2) is 8.23. The van der Waals surface area contributed by atoms with Crippen LogP contribution in [0.3, 0.4) is 0 Å². The molecule has 0 aliphatic heterocycles. The number of carbonyl (C=O) groups excluding carboxylic acids is 1. The monoisotopic (exact) mass is 298 g/mol. The lowest BCUT2D eigenvalue weighted by molar-refractivity contribution is 0.0506. The predicted octanol–water partition coefficient (Wildman–Crippen LogP) is 3.60. The van der Waals surface area contributed by atoms with Gasteiger partial charge in [0.05, 0.1) is 24.1 Å². The third-order valence-corrected chi connectivity index (χ3v) is 5.40. The summed E-state index contributed by atoms with van der Waals surface area (Å²) in [6, 6.07) is 6.85. The number of carbonyl (C=O) groups is 1. The second-order valence-electron chi connectivity index (χ2n) is 4.48. The Kier molecular flexibility index (Phi) is 6.97. The summed E-state index contributed by atoms with van der Waals surface area (Å²) in [7, 11) is -2.99. The summed E-state index contributed by atoms with van der Waals surface area (Å²) < 4.78 is 23.6. The molecule has 0 aliphatic rings. The van der Waals surface area contributed by atoms with Gasteiger partial charge in [-0.3, -0.25) is 4.57 Å². The van der Waals surface area contributed by atoms with Crippen LogP contribution in [0.2, 0.25) is 0 Å². The minimum Gasteiger partial charge on any atom is -0.462 e. The molecule has 0 bridgehead atoms. The van der Waals surface area contributed by atoms with E-state index in [1.54, 1.807) is 24.3 Å². The topological polar surface area (TPSA) is 52.6 Å². The molecule has 0 fully saturated rings. The lowest BCUT2D eigenvalue weighted by atomic mass is 10.2. The largest absolute Gasteiger partial charge is 0.462 e. The highest BCUT2D eigenvalue weighted by molar-refractivity contribution is 7.67. The van der Waals surface area contributed by atoms with E-state index in [1.165, 1.54) is 0 Å². The van der Waals surface area contributed by atoms with Crippen LogP contribution < -0.4 is 5.30 Å². The molecule has 1 aromatic rings. The molecule has 0 saturated carbocycles. The Balaban J connectivity index is 3.10. The molecule has 0 N–H and O–H groups in total. The highest BCUT2D eigenvalue weighted by Gasteiger charge is 2.29. The third kappa shape index (κ3) is 4.19. The van der Waals surface area contributed by atoms with Crippen molar-refractivity contribution in [2.45, 2.75) is 33.6 Å². The summed E-state index contributed by atoms with van der Waals surface area (Å²) in [5.74, 6) is -0.434. The predicted molar refractivity (Wildman–Crippen MR) is 81.0 cm³/mol. The Bertz CT molecular complexity index is 485. The van der Waals surface area contributed by atoms with Crippen LogP contribution in [0.15, 0.2) is 24.3 Å². The number of ether oxygens (including phenoxy) is 1. The van der Waals surface area contributed by atoms with Gasteiger partial charge in [0.2, 0.25) is 7.37 Å². The molecule has 1 rings (SSSR count). The minimum atomic E-state index is -2.99. The van der Waals surface area contributed by atoms with E-state index in [9.17, 15) is 9.36 Å².